The standard InChI is InChI=1S/C33H43N7O5/c1-6-44-28-20-24-26(21-29(28)45-18-13-36(3)4)34-32(39-14-16-43-17-15-39)35-30(24)38-11-9-23(10-12-38)40-31(41)25-19-22(2)7-8-27(25)37(5)33(40)42/h7-8,19-21,23H,6,9-18H2,1-5H3. The Morgan fingerprint density at radius 3 is 2.38 bits per heavy atom. The second-order valence-electron chi connectivity index (χ2n) is 12.1. The zero-order valence-corrected chi connectivity index (χ0v) is 26.9. The van der Waals surface area contributed by atoms with Crippen LogP contribution in [0.3, 0.4) is 0 Å². The highest BCUT2D eigenvalue weighted by Crippen LogP contribution is 2.38. The topological polar surface area (TPSA) is 107 Å². The van der Waals surface area contributed by atoms with E-state index < -0.39 is 0 Å². The van der Waals surface area contributed by atoms with Crippen molar-refractivity contribution in [3.63, 3.8) is 0 Å². The number of piperidine rings is 1. The average Bonchev–Trinajstić information content (AvgIpc) is 3.04. The molecular weight excluding hydrogens is 574 g/mol. The third-order valence-corrected chi connectivity index (χ3v) is 8.70. The number of anilines is 2. The molecule has 2 aromatic carbocycles. The summed E-state index contributed by atoms with van der Waals surface area (Å²) in [6, 6.07) is 9.38. The Kier molecular flexibility index (Phi) is 8.95. The SMILES string of the molecule is CCOc1cc2c(N3CCC(n4c(=O)c5cc(C)ccc5n(C)c4=O)CC3)nc(N3CCOCC3)nc2cc1OCCN(C)C. The van der Waals surface area contributed by atoms with E-state index in [9.17, 15) is 9.59 Å². The largest absolute Gasteiger partial charge is 0.490 e. The summed E-state index contributed by atoms with van der Waals surface area (Å²) in [6.07, 6.45) is 1.27. The van der Waals surface area contributed by atoms with E-state index in [1.165, 1.54) is 4.57 Å². The lowest BCUT2D eigenvalue weighted by Gasteiger charge is -2.35. The van der Waals surface area contributed by atoms with Crippen molar-refractivity contribution < 1.29 is 14.2 Å². The molecule has 4 heterocycles. The second-order valence-corrected chi connectivity index (χ2v) is 12.1. The van der Waals surface area contributed by atoms with Crippen molar-refractivity contribution in [1.82, 2.24) is 24.0 Å². The van der Waals surface area contributed by atoms with Gasteiger partial charge in [0, 0.05) is 57.3 Å². The Morgan fingerprint density at radius 2 is 1.67 bits per heavy atom. The number of morpholine rings is 1. The smallest absolute Gasteiger partial charge is 0.331 e. The number of nitrogens with zero attached hydrogens (tertiary/aromatic N) is 7. The molecule has 0 bridgehead atoms. The maximum Gasteiger partial charge on any atom is 0.331 e. The van der Waals surface area contributed by atoms with E-state index in [4.69, 9.17) is 24.2 Å². The van der Waals surface area contributed by atoms with Crippen molar-refractivity contribution in [2.24, 2.45) is 7.05 Å². The fourth-order valence-electron chi connectivity index (χ4n) is 6.23. The van der Waals surface area contributed by atoms with E-state index >= 15 is 0 Å². The molecule has 12 nitrogen and oxygen atoms in total. The van der Waals surface area contributed by atoms with Gasteiger partial charge in [0.05, 0.1) is 36.2 Å². The molecule has 0 aliphatic carbocycles. The minimum Gasteiger partial charge on any atom is -0.490 e. The van der Waals surface area contributed by atoms with Gasteiger partial charge in [-0.2, -0.15) is 4.98 Å². The third-order valence-electron chi connectivity index (χ3n) is 8.70. The molecule has 2 aliphatic rings. The first-order chi connectivity index (χ1) is 21.7. The van der Waals surface area contributed by atoms with Gasteiger partial charge in [-0.15, -0.1) is 0 Å². The summed E-state index contributed by atoms with van der Waals surface area (Å²) < 4.78 is 20.8. The summed E-state index contributed by atoms with van der Waals surface area (Å²) in [5, 5.41) is 1.45. The molecule has 0 N–H and O–H groups in total. The van der Waals surface area contributed by atoms with E-state index in [-0.39, 0.29) is 17.3 Å². The molecule has 240 valence electrons. The van der Waals surface area contributed by atoms with Crippen LogP contribution in [0.2, 0.25) is 0 Å². The third kappa shape index (κ3) is 6.21. The van der Waals surface area contributed by atoms with Gasteiger partial charge in [-0.25, -0.2) is 9.78 Å². The molecule has 2 fully saturated rings. The molecule has 0 spiro atoms. The fourth-order valence-corrected chi connectivity index (χ4v) is 6.23. The highest BCUT2D eigenvalue weighted by Gasteiger charge is 2.28. The summed E-state index contributed by atoms with van der Waals surface area (Å²) in [7, 11) is 5.76. The van der Waals surface area contributed by atoms with E-state index in [2.05, 4.69) is 14.7 Å². The van der Waals surface area contributed by atoms with Crippen molar-refractivity contribution in [2.45, 2.75) is 32.7 Å². The molecule has 2 aliphatic heterocycles. The van der Waals surface area contributed by atoms with E-state index in [0.29, 0.717) is 93.8 Å². The summed E-state index contributed by atoms with van der Waals surface area (Å²) in [4.78, 5) is 43.6. The Hall–Kier alpha value is -4.16. The lowest BCUT2D eigenvalue weighted by molar-refractivity contribution is 0.122. The van der Waals surface area contributed by atoms with Gasteiger partial charge >= 0.3 is 5.69 Å². The monoisotopic (exact) mass is 617 g/mol. The first-order valence-electron chi connectivity index (χ1n) is 15.8. The highest BCUT2D eigenvalue weighted by molar-refractivity contribution is 5.93. The normalized spacial score (nSPS) is 16.2. The Morgan fingerprint density at radius 1 is 0.933 bits per heavy atom. The Balaban J connectivity index is 1.36. The summed E-state index contributed by atoms with van der Waals surface area (Å²) >= 11 is 0. The summed E-state index contributed by atoms with van der Waals surface area (Å²) in [5.41, 5.74) is 1.93. The second kappa shape index (κ2) is 13.1. The van der Waals surface area contributed by atoms with E-state index in [0.717, 1.165) is 28.8 Å². The zero-order valence-electron chi connectivity index (χ0n) is 26.9. The lowest BCUT2D eigenvalue weighted by Crippen LogP contribution is -2.45. The molecule has 2 aromatic heterocycles. The van der Waals surface area contributed by atoms with Crippen molar-refractivity contribution >= 4 is 33.6 Å². The van der Waals surface area contributed by atoms with Crippen molar-refractivity contribution in [3.8, 4) is 11.5 Å². The van der Waals surface area contributed by atoms with Gasteiger partial charge in [0.25, 0.3) is 5.56 Å². The maximum atomic E-state index is 13.6. The number of hydrogen-bond acceptors (Lipinski definition) is 10. The predicted octanol–water partition coefficient (Wildman–Crippen LogP) is 2.97. The number of rotatable bonds is 9. The number of ether oxygens (including phenoxy) is 3. The van der Waals surface area contributed by atoms with Crippen LogP contribution in [0.4, 0.5) is 11.8 Å². The average molecular weight is 618 g/mol. The first-order valence-corrected chi connectivity index (χ1v) is 15.8. The minimum absolute atomic E-state index is 0.208. The highest BCUT2D eigenvalue weighted by atomic mass is 16.5. The molecular formula is C33H43N7O5. The van der Waals surface area contributed by atoms with Crippen LogP contribution >= 0.6 is 0 Å². The van der Waals surface area contributed by atoms with E-state index in [1.807, 2.05) is 58.3 Å². The molecule has 0 atom stereocenters. The number of hydrogen-bond donors (Lipinski definition) is 0. The quantitative estimate of drug-likeness (QED) is 0.278. The zero-order chi connectivity index (χ0) is 31.7. The molecule has 0 radical (unpaired) electrons. The molecule has 0 saturated carbocycles. The van der Waals surface area contributed by atoms with Crippen LogP contribution in [-0.4, -0.2) is 97.2 Å². The number of benzene rings is 2. The number of fused-ring (bicyclic) bond motifs is 2. The van der Waals surface area contributed by atoms with Gasteiger partial charge in [-0.3, -0.25) is 13.9 Å². The van der Waals surface area contributed by atoms with Gasteiger partial charge in [0.1, 0.15) is 12.4 Å². The molecule has 45 heavy (non-hydrogen) atoms. The Labute approximate surface area is 262 Å². The molecule has 6 rings (SSSR count). The number of aromatic nitrogens is 4. The van der Waals surface area contributed by atoms with Crippen LogP contribution in [0.1, 0.15) is 31.4 Å². The molecule has 0 unspecified atom stereocenters. The van der Waals surface area contributed by atoms with Gasteiger partial charge in [-0.05, 0) is 59.0 Å². The number of likely N-dealkylation sites (N-methyl/N-ethyl adjacent to an activating group) is 1. The van der Waals surface area contributed by atoms with Crippen molar-refractivity contribution in [2.75, 3.05) is 83.0 Å². The van der Waals surface area contributed by atoms with Crippen LogP contribution in [0.25, 0.3) is 21.8 Å². The minimum atomic E-state index is -0.278. The first kappa shape index (κ1) is 30.8. The molecule has 12 heteroatoms. The Bertz CT molecular complexity index is 1800. The molecule has 2 saturated heterocycles. The van der Waals surface area contributed by atoms with Crippen LogP contribution in [-0.2, 0) is 11.8 Å². The van der Waals surface area contributed by atoms with Crippen LogP contribution in [0, 0.1) is 6.92 Å². The van der Waals surface area contributed by atoms with Crippen LogP contribution in [0.15, 0.2) is 39.9 Å². The van der Waals surface area contributed by atoms with Crippen LogP contribution < -0.4 is 30.5 Å². The molecule has 0 amide bonds. The number of aryl methyl sites for hydroxylation is 2. The molecule has 4 aromatic rings. The lowest BCUT2D eigenvalue weighted by atomic mass is 10.0. The van der Waals surface area contributed by atoms with Crippen LogP contribution in [0.5, 0.6) is 11.5 Å². The summed E-state index contributed by atoms with van der Waals surface area (Å²) in [6.45, 7) is 9.64. The van der Waals surface area contributed by atoms with Gasteiger partial charge in [0.2, 0.25) is 5.95 Å². The van der Waals surface area contributed by atoms with Crippen molar-refractivity contribution in [1.29, 1.82) is 0 Å². The van der Waals surface area contributed by atoms with Gasteiger partial charge in [-0.1, -0.05) is 11.6 Å². The maximum absolute atomic E-state index is 13.6. The van der Waals surface area contributed by atoms with Gasteiger partial charge < -0.3 is 28.9 Å². The predicted molar refractivity (Wildman–Crippen MR) is 176 cm³/mol. The van der Waals surface area contributed by atoms with E-state index in [1.54, 1.807) is 11.6 Å². The van der Waals surface area contributed by atoms with Gasteiger partial charge in [0.15, 0.2) is 11.5 Å². The van der Waals surface area contributed by atoms with Crippen molar-refractivity contribution in [3.05, 3.63) is 56.7 Å². The summed E-state index contributed by atoms with van der Waals surface area (Å²) in [5.74, 6) is 2.78. The fraction of sp³-hybridized carbons (Fsp3) is 0.515.